The van der Waals surface area contributed by atoms with Gasteiger partial charge >= 0.3 is 0 Å². The molecule has 2 atom stereocenters. The molecule has 0 aromatic heterocycles. The van der Waals surface area contributed by atoms with Gasteiger partial charge in [0.25, 0.3) is 5.69 Å². The number of nitro groups is 1. The first-order valence-corrected chi connectivity index (χ1v) is 9.39. The van der Waals surface area contributed by atoms with E-state index in [1.165, 1.54) is 19.2 Å². The molecule has 2 rings (SSSR count). The summed E-state index contributed by atoms with van der Waals surface area (Å²) in [4.78, 5) is 12.6. The molecule has 8 nitrogen and oxygen atoms in total. The van der Waals surface area contributed by atoms with E-state index in [0.29, 0.717) is 11.6 Å². The number of nitrogens with zero attached hydrogens (tertiary/aromatic N) is 2. The van der Waals surface area contributed by atoms with Crippen LogP contribution in [0.2, 0.25) is 0 Å². The van der Waals surface area contributed by atoms with E-state index in [4.69, 9.17) is 0 Å². The number of aliphatic hydroxyl groups is 1. The Hall–Kier alpha value is -1.71. The van der Waals surface area contributed by atoms with Gasteiger partial charge in [-0.3, -0.25) is 10.1 Å². The van der Waals surface area contributed by atoms with Gasteiger partial charge in [-0.2, -0.15) is 0 Å². The second-order valence-electron chi connectivity index (χ2n) is 6.01. The number of hydrogen-bond acceptors (Lipinski definition) is 6. The summed E-state index contributed by atoms with van der Waals surface area (Å²) in [6, 6.07) is 3.99. The highest BCUT2D eigenvalue weighted by Gasteiger charge is 2.33. The number of nitrogens with one attached hydrogen (secondary N) is 1. The van der Waals surface area contributed by atoms with Gasteiger partial charge in [0.05, 0.1) is 16.4 Å². The van der Waals surface area contributed by atoms with E-state index in [9.17, 15) is 23.6 Å². The number of aliphatic hydroxyl groups excluding tert-OH is 1. The molecule has 1 fully saturated rings. The summed E-state index contributed by atoms with van der Waals surface area (Å²) >= 11 is 0. The summed E-state index contributed by atoms with van der Waals surface area (Å²) in [6.45, 7) is 2.23. The lowest BCUT2D eigenvalue weighted by Crippen LogP contribution is -2.39. The highest BCUT2D eigenvalue weighted by atomic mass is 32.2. The minimum absolute atomic E-state index is 0.0996. The van der Waals surface area contributed by atoms with Gasteiger partial charge in [0.1, 0.15) is 5.69 Å². The molecule has 2 N–H and O–H groups in total. The summed E-state index contributed by atoms with van der Waals surface area (Å²) in [5.41, 5.74) is 0.0849. The first-order chi connectivity index (χ1) is 11.3. The van der Waals surface area contributed by atoms with Crippen LogP contribution in [0.3, 0.4) is 0 Å². The van der Waals surface area contributed by atoms with Crippen LogP contribution < -0.4 is 9.62 Å². The molecule has 0 spiro atoms. The molecule has 24 heavy (non-hydrogen) atoms. The summed E-state index contributed by atoms with van der Waals surface area (Å²) in [5, 5.41) is 20.9. The lowest BCUT2D eigenvalue weighted by molar-refractivity contribution is -0.384. The molecule has 0 aliphatic heterocycles. The Kier molecular flexibility index (Phi) is 5.79. The molecule has 0 heterocycles. The molecule has 1 aliphatic carbocycles. The zero-order valence-electron chi connectivity index (χ0n) is 13.8. The van der Waals surface area contributed by atoms with Crippen molar-refractivity contribution < 1.29 is 18.4 Å². The smallest absolute Gasteiger partial charge is 0.293 e. The van der Waals surface area contributed by atoms with E-state index < -0.39 is 14.9 Å². The van der Waals surface area contributed by atoms with Crippen LogP contribution in [-0.2, 0) is 10.0 Å². The van der Waals surface area contributed by atoms with Gasteiger partial charge in [-0.25, -0.2) is 13.1 Å². The van der Waals surface area contributed by atoms with Crippen molar-refractivity contribution in [3.05, 3.63) is 28.3 Å². The van der Waals surface area contributed by atoms with Crippen LogP contribution in [0.15, 0.2) is 23.1 Å². The van der Waals surface area contributed by atoms with E-state index in [0.717, 1.165) is 25.3 Å². The van der Waals surface area contributed by atoms with Crippen molar-refractivity contribution >= 4 is 21.4 Å². The Morgan fingerprint density at radius 2 is 2.12 bits per heavy atom. The van der Waals surface area contributed by atoms with Crippen molar-refractivity contribution in [1.82, 2.24) is 4.72 Å². The first kappa shape index (κ1) is 18.6. The fraction of sp³-hybridized carbons (Fsp3) is 0.600. The molecular formula is C15H23N3O5S. The highest BCUT2D eigenvalue weighted by Crippen LogP contribution is 2.37. The molecule has 1 aliphatic rings. The molecule has 0 radical (unpaired) electrons. The van der Waals surface area contributed by atoms with Crippen molar-refractivity contribution in [2.45, 2.75) is 37.1 Å². The van der Waals surface area contributed by atoms with E-state index in [1.807, 2.05) is 4.90 Å². The number of rotatable bonds is 7. The standard InChI is InChI=1S/C15H23N3O5S/c1-11-4-3-5-13(11)17(8-9-19)14-7-6-12(24(22,23)16-2)10-15(14)18(20)21/h6-7,10-11,13,16,19H,3-5,8-9H2,1-2H3/t11-,13+/m0/s1. The van der Waals surface area contributed by atoms with Crippen LogP contribution in [0.1, 0.15) is 26.2 Å². The molecule has 0 amide bonds. The molecule has 0 bridgehead atoms. The van der Waals surface area contributed by atoms with Crippen LogP contribution in [0.4, 0.5) is 11.4 Å². The zero-order chi connectivity index (χ0) is 17.9. The maximum absolute atomic E-state index is 11.9. The third-order valence-electron chi connectivity index (χ3n) is 4.59. The van der Waals surface area contributed by atoms with Crippen molar-refractivity contribution in [1.29, 1.82) is 0 Å². The van der Waals surface area contributed by atoms with Crippen LogP contribution in [-0.4, -0.2) is 44.7 Å². The third-order valence-corrected chi connectivity index (χ3v) is 6.00. The number of benzene rings is 1. The van der Waals surface area contributed by atoms with Gasteiger partial charge in [0.2, 0.25) is 10.0 Å². The van der Waals surface area contributed by atoms with E-state index in [-0.39, 0.29) is 29.8 Å². The van der Waals surface area contributed by atoms with Crippen LogP contribution in [0.5, 0.6) is 0 Å². The fourth-order valence-electron chi connectivity index (χ4n) is 3.34. The lowest BCUT2D eigenvalue weighted by Gasteiger charge is -2.33. The number of hydrogen-bond donors (Lipinski definition) is 2. The minimum Gasteiger partial charge on any atom is -0.395 e. The van der Waals surface area contributed by atoms with E-state index in [1.54, 1.807) is 0 Å². The van der Waals surface area contributed by atoms with Gasteiger partial charge in [0, 0.05) is 18.7 Å². The first-order valence-electron chi connectivity index (χ1n) is 7.91. The Labute approximate surface area is 141 Å². The average molecular weight is 357 g/mol. The van der Waals surface area contributed by atoms with Gasteiger partial charge in [-0.1, -0.05) is 13.3 Å². The van der Waals surface area contributed by atoms with Gasteiger partial charge in [0.15, 0.2) is 0 Å². The summed E-state index contributed by atoms with van der Waals surface area (Å²) < 4.78 is 26.0. The molecular weight excluding hydrogens is 334 g/mol. The van der Waals surface area contributed by atoms with Crippen LogP contribution in [0, 0.1) is 16.0 Å². The minimum atomic E-state index is -3.76. The van der Waals surface area contributed by atoms with Gasteiger partial charge < -0.3 is 10.0 Å². The molecule has 1 aromatic rings. The molecule has 1 aromatic carbocycles. The topological polar surface area (TPSA) is 113 Å². The summed E-state index contributed by atoms with van der Waals surface area (Å²) in [6.07, 6.45) is 2.97. The molecule has 1 saturated carbocycles. The Morgan fingerprint density at radius 1 is 1.42 bits per heavy atom. The van der Waals surface area contributed by atoms with Crippen LogP contribution in [0.25, 0.3) is 0 Å². The Morgan fingerprint density at radius 3 is 2.62 bits per heavy atom. The summed E-state index contributed by atoms with van der Waals surface area (Å²) in [5.74, 6) is 0.358. The van der Waals surface area contributed by atoms with Crippen molar-refractivity contribution in [2.24, 2.45) is 5.92 Å². The van der Waals surface area contributed by atoms with Crippen molar-refractivity contribution in [3.8, 4) is 0 Å². The molecule has 0 saturated heterocycles. The van der Waals surface area contributed by atoms with Crippen molar-refractivity contribution in [2.75, 3.05) is 25.1 Å². The molecule has 134 valence electrons. The second-order valence-corrected chi connectivity index (χ2v) is 7.89. The number of sulfonamides is 1. The predicted molar refractivity (Wildman–Crippen MR) is 90.6 cm³/mol. The molecule has 9 heteroatoms. The summed E-state index contributed by atoms with van der Waals surface area (Å²) in [7, 11) is -2.50. The predicted octanol–water partition coefficient (Wildman–Crippen LogP) is 1.49. The van der Waals surface area contributed by atoms with Gasteiger partial charge in [-0.05, 0) is 37.9 Å². The number of nitro benzene ring substituents is 1. The zero-order valence-corrected chi connectivity index (χ0v) is 14.6. The SMILES string of the molecule is CNS(=O)(=O)c1ccc(N(CCO)[C@@H]2CCC[C@@H]2C)c([N+](=O)[O-])c1. The Balaban J connectivity index is 2.52. The quantitative estimate of drug-likeness (QED) is 0.565. The third kappa shape index (κ3) is 3.68. The van der Waals surface area contributed by atoms with Crippen molar-refractivity contribution in [3.63, 3.8) is 0 Å². The number of anilines is 1. The monoisotopic (exact) mass is 357 g/mol. The maximum Gasteiger partial charge on any atom is 0.293 e. The van der Waals surface area contributed by atoms with Gasteiger partial charge in [-0.15, -0.1) is 0 Å². The van der Waals surface area contributed by atoms with Crippen LogP contribution >= 0.6 is 0 Å². The molecule has 0 unspecified atom stereocenters. The largest absolute Gasteiger partial charge is 0.395 e. The Bertz CT molecular complexity index is 707. The fourth-order valence-corrected chi connectivity index (χ4v) is 4.09. The van der Waals surface area contributed by atoms with E-state index >= 15 is 0 Å². The normalized spacial score (nSPS) is 21.0. The maximum atomic E-state index is 11.9. The van der Waals surface area contributed by atoms with E-state index in [2.05, 4.69) is 11.6 Å². The lowest BCUT2D eigenvalue weighted by atomic mass is 10.0. The highest BCUT2D eigenvalue weighted by molar-refractivity contribution is 7.89. The average Bonchev–Trinajstić information content (AvgIpc) is 2.97. The second kappa shape index (κ2) is 7.45.